The molecule has 2 heterocycles. The van der Waals surface area contributed by atoms with Gasteiger partial charge >= 0.3 is 5.97 Å². The summed E-state index contributed by atoms with van der Waals surface area (Å²) in [6.07, 6.45) is 5.43. The smallest absolute Gasteiger partial charge is 0.358 e. The first-order chi connectivity index (χ1) is 14.5. The summed E-state index contributed by atoms with van der Waals surface area (Å²) < 4.78 is 19.6. The SMILES string of the molecule is COC(=O)c1nc(NC(=O)C2(n3cnnn3)CCCCC2)sc1-c1ccc(F)cc1. The Hall–Kier alpha value is -3.21. The molecule has 1 saturated carbocycles. The van der Waals surface area contributed by atoms with Crippen molar-refractivity contribution in [2.24, 2.45) is 0 Å². The molecule has 0 bridgehead atoms. The number of ether oxygens (including phenoxy) is 1. The van der Waals surface area contributed by atoms with Crippen molar-refractivity contribution >= 4 is 28.3 Å². The van der Waals surface area contributed by atoms with Gasteiger partial charge in [0.05, 0.1) is 12.0 Å². The molecule has 0 spiro atoms. The van der Waals surface area contributed by atoms with Crippen molar-refractivity contribution in [1.82, 2.24) is 25.2 Å². The van der Waals surface area contributed by atoms with Gasteiger partial charge in [0.15, 0.2) is 10.8 Å². The third kappa shape index (κ3) is 3.67. The van der Waals surface area contributed by atoms with Gasteiger partial charge in [0.25, 0.3) is 5.91 Å². The van der Waals surface area contributed by atoms with Crippen molar-refractivity contribution in [2.75, 3.05) is 12.4 Å². The normalized spacial score (nSPS) is 15.5. The van der Waals surface area contributed by atoms with Crippen LogP contribution < -0.4 is 5.32 Å². The summed E-state index contributed by atoms with van der Waals surface area (Å²) >= 11 is 1.12. The lowest BCUT2D eigenvalue weighted by atomic mass is 9.81. The quantitative estimate of drug-likeness (QED) is 0.619. The maximum Gasteiger partial charge on any atom is 0.358 e. The zero-order valence-corrected chi connectivity index (χ0v) is 17.0. The van der Waals surface area contributed by atoms with Crippen LogP contribution >= 0.6 is 11.3 Å². The van der Waals surface area contributed by atoms with Gasteiger partial charge in [-0.2, -0.15) is 0 Å². The van der Waals surface area contributed by atoms with Crippen LogP contribution in [0, 0.1) is 5.82 Å². The number of rotatable bonds is 5. The number of halogens is 1. The zero-order chi connectivity index (χ0) is 21.1. The highest BCUT2D eigenvalue weighted by molar-refractivity contribution is 7.19. The van der Waals surface area contributed by atoms with Gasteiger partial charge in [-0.15, -0.1) is 5.10 Å². The number of esters is 1. The number of amides is 1. The first kappa shape index (κ1) is 20.1. The lowest BCUT2D eigenvalue weighted by Crippen LogP contribution is -2.47. The van der Waals surface area contributed by atoms with Crippen LogP contribution in [0.5, 0.6) is 0 Å². The molecule has 0 unspecified atom stereocenters. The maximum atomic E-state index is 13.3. The van der Waals surface area contributed by atoms with E-state index < -0.39 is 17.3 Å². The monoisotopic (exact) mass is 430 g/mol. The van der Waals surface area contributed by atoms with E-state index >= 15 is 0 Å². The van der Waals surface area contributed by atoms with Crippen molar-refractivity contribution in [3.63, 3.8) is 0 Å². The molecule has 4 rings (SSSR count). The number of hydrogen-bond acceptors (Lipinski definition) is 8. The van der Waals surface area contributed by atoms with E-state index in [1.807, 2.05) is 0 Å². The standard InChI is InChI=1S/C19H19FN6O3S/c1-29-16(27)14-15(12-5-7-13(20)8-6-12)30-18(22-14)23-17(28)19(9-3-2-4-10-19)26-11-21-24-25-26/h5-8,11H,2-4,9-10H2,1H3,(H,22,23,28). The number of nitrogens with zero attached hydrogens (tertiary/aromatic N) is 5. The largest absolute Gasteiger partial charge is 0.464 e. The number of anilines is 1. The molecule has 0 saturated heterocycles. The number of nitrogens with one attached hydrogen (secondary N) is 1. The number of carbonyl (C=O) groups is 2. The summed E-state index contributed by atoms with van der Waals surface area (Å²) in [6, 6.07) is 5.68. The van der Waals surface area contributed by atoms with Gasteiger partial charge in [-0.05, 0) is 41.0 Å². The number of benzene rings is 1. The van der Waals surface area contributed by atoms with E-state index in [9.17, 15) is 14.0 Å². The van der Waals surface area contributed by atoms with Crippen LogP contribution in [0.2, 0.25) is 0 Å². The second kappa shape index (κ2) is 8.27. The summed E-state index contributed by atoms with van der Waals surface area (Å²) in [5.74, 6) is -1.32. The first-order valence-electron chi connectivity index (χ1n) is 9.43. The molecule has 0 radical (unpaired) electrons. The van der Waals surface area contributed by atoms with E-state index in [0.29, 0.717) is 23.3 Å². The third-order valence-corrected chi connectivity index (χ3v) is 6.24. The van der Waals surface area contributed by atoms with Crippen LogP contribution in [0.4, 0.5) is 9.52 Å². The molecule has 11 heteroatoms. The van der Waals surface area contributed by atoms with Crippen LogP contribution in [-0.4, -0.2) is 44.2 Å². The summed E-state index contributed by atoms with van der Waals surface area (Å²) in [5, 5.41) is 14.4. The van der Waals surface area contributed by atoms with Crippen molar-refractivity contribution in [2.45, 2.75) is 37.6 Å². The third-order valence-electron chi connectivity index (χ3n) is 5.22. The molecule has 3 aromatic rings. The molecular weight excluding hydrogens is 411 g/mol. The van der Waals surface area contributed by atoms with Crippen LogP contribution in [-0.2, 0) is 15.1 Å². The lowest BCUT2D eigenvalue weighted by molar-refractivity contribution is -0.126. The number of carbonyl (C=O) groups excluding carboxylic acids is 2. The first-order valence-corrected chi connectivity index (χ1v) is 10.3. The van der Waals surface area contributed by atoms with E-state index in [2.05, 4.69) is 25.8 Å². The molecule has 2 aromatic heterocycles. The van der Waals surface area contributed by atoms with E-state index in [0.717, 1.165) is 30.6 Å². The topological polar surface area (TPSA) is 112 Å². The van der Waals surface area contributed by atoms with E-state index in [-0.39, 0.29) is 16.7 Å². The Labute approximate surface area is 175 Å². The van der Waals surface area contributed by atoms with Gasteiger partial charge in [-0.1, -0.05) is 42.7 Å². The van der Waals surface area contributed by atoms with E-state index in [1.165, 1.54) is 30.3 Å². The van der Waals surface area contributed by atoms with Crippen molar-refractivity contribution in [1.29, 1.82) is 0 Å². The van der Waals surface area contributed by atoms with E-state index in [1.54, 1.807) is 12.1 Å². The average molecular weight is 430 g/mol. The Balaban J connectivity index is 1.68. The Morgan fingerprint density at radius 1 is 1.20 bits per heavy atom. The summed E-state index contributed by atoms with van der Waals surface area (Å²) in [5.41, 5.74) is -0.248. The minimum absolute atomic E-state index is 0.0597. The predicted octanol–water partition coefficient (Wildman–Crippen LogP) is 3.02. The molecule has 1 N–H and O–H groups in total. The molecular formula is C19H19FN6O3S. The van der Waals surface area contributed by atoms with Gasteiger partial charge in [-0.3, -0.25) is 10.1 Å². The highest BCUT2D eigenvalue weighted by atomic mass is 32.1. The van der Waals surface area contributed by atoms with Crippen molar-refractivity contribution in [3.05, 3.63) is 42.1 Å². The minimum Gasteiger partial charge on any atom is -0.464 e. The molecule has 1 fully saturated rings. The Morgan fingerprint density at radius 3 is 2.57 bits per heavy atom. The number of thiazole rings is 1. The summed E-state index contributed by atoms with van der Waals surface area (Å²) in [4.78, 5) is 30.3. The molecule has 156 valence electrons. The number of tetrazole rings is 1. The highest BCUT2D eigenvalue weighted by Gasteiger charge is 2.43. The second-order valence-electron chi connectivity index (χ2n) is 7.00. The van der Waals surface area contributed by atoms with Gasteiger partial charge in [-0.25, -0.2) is 18.9 Å². The number of aromatic nitrogens is 5. The molecule has 1 aromatic carbocycles. The minimum atomic E-state index is -0.908. The zero-order valence-electron chi connectivity index (χ0n) is 16.2. The molecule has 1 amide bonds. The number of methoxy groups -OCH3 is 1. The van der Waals surface area contributed by atoms with Crippen LogP contribution in [0.3, 0.4) is 0 Å². The Morgan fingerprint density at radius 2 is 1.93 bits per heavy atom. The van der Waals surface area contributed by atoms with Crippen molar-refractivity contribution < 1.29 is 18.7 Å². The van der Waals surface area contributed by atoms with Crippen molar-refractivity contribution in [3.8, 4) is 10.4 Å². The fourth-order valence-corrected chi connectivity index (χ4v) is 4.63. The van der Waals surface area contributed by atoms with E-state index in [4.69, 9.17) is 4.74 Å². The Bertz CT molecular complexity index is 1040. The molecule has 0 aliphatic heterocycles. The number of hydrogen-bond donors (Lipinski definition) is 1. The van der Waals surface area contributed by atoms with Gasteiger partial charge < -0.3 is 4.74 Å². The average Bonchev–Trinajstić information content (AvgIpc) is 3.45. The fraction of sp³-hybridized carbons (Fsp3) is 0.368. The van der Waals surface area contributed by atoms with Crippen LogP contribution in [0.25, 0.3) is 10.4 Å². The van der Waals surface area contributed by atoms with Gasteiger partial charge in [0.2, 0.25) is 0 Å². The molecule has 9 nitrogen and oxygen atoms in total. The summed E-state index contributed by atoms with van der Waals surface area (Å²) in [7, 11) is 1.25. The fourth-order valence-electron chi connectivity index (χ4n) is 3.67. The molecule has 0 atom stereocenters. The predicted molar refractivity (Wildman–Crippen MR) is 106 cm³/mol. The van der Waals surface area contributed by atoms with Crippen LogP contribution in [0.1, 0.15) is 42.6 Å². The van der Waals surface area contributed by atoms with Gasteiger partial charge in [0, 0.05) is 0 Å². The Kier molecular flexibility index (Phi) is 5.53. The molecule has 1 aliphatic rings. The summed E-state index contributed by atoms with van der Waals surface area (Å²) in [6.45, 7) is 0. The molecule has 30 heavy (non-hydrogen) atoms. The van der Waals surface area contributed by atoms with Crippen LogP contribution in [0.15, 0.2) is 30.6 Å². The lowest BCUT2D eigenvalue weighted by Gasteiger charge is -2.34. The molecule has 1 aliphatic carbocycles. The highest BCUT2D eigenvalue weighted by Crippen LogP contribution is 2.38. The second-order valence-corrected chi connectivity index (χ2v) is 8.00. The maximum absolute atomic E-state index is 13.3. The van der Waals surface area contributed by atoms with Gasteiger partial charge in [0.1, 0.15) is 17.7 Å².